The normalized spacial score (nSPS) is 13.5. The third-order valence-electron chi connectivity index (χ3n) is 8.78. The molecular formula is C36H46N8O2. The number of likely N-dealkylation sites (N-methyl/N-ethyl adjacent to an activating group) is 2. The number of aryl methyl sites for hydroxylation is 2. The summed E-state index contributed by atoms with van der Waals surface area (Å²) in [6, 6.07) is 11.8. The lowest BCUT2D eigenvalue weighted by Gasteiger charge is -2.40. The minimum absolute atomic E-state index is 0.0552. The van der Waals surface area contributed by atoms with Crippen molar-refractivity contribution in [1.29, 1.82) is 5.26 Å². The average molecular weight is 623 g/mol. The molecule has 4 aromatic rings. The number of aromatic nitrogens is 3. The summed E-state index contributed by atoms with van der Waals surface area (Å²) in [5.74, 6) is 0.622. The Morgan fingerprint density at radius 3 is 2.52 bits per heavy atom. The van der Waals surface area contributed by atoms with E-state index in [0.29, 0.717) is 34.3 Å². The number of anilines is 4. The Hall–Kier alpha value is -4.88. The highest BCUT2D eigenvalue weighted by Gasteiger charge is 2.37. The van der Waals surface area contributed by atoms with Crippen LogP contribution >= 0.6 is 0 Å². The van der Waals surface area contributed by atoms with Gasteiger partial charge in [-0.2, -0.15) is 5.26 Å². The molecule has 46 heavy (non-hydrogen) atoms. The summed E-state index contributed by atoms with van der Waals surface area (Å²) in [4.78, 5) is 26.3. The molecule has 5 rings (SSSR count). The highest BCUT2D eigenvalue weighted by atomic mass is 16.5. The van der Waals surface area contributed by atoms with Gasteiger partial charge < -0.3 is 29.7 Å². The molecule has 242 valence electrons. The van der Waals surface area contributed by atoms with Crippen molar-refractivity contribution in [2.75, 3.05) is 50.3 Å². The zero-order valence-corrected chi connectivity index (χ0v) is 28.4. The predicted molar refractivity (Wildman–Crippen MR) is 188 cm³/mol. The first-order valence-electron chi connectivity index (χ1n) is 15.7. The molecule has 0 unspecified atom stereocenters. The van der Waals surface area contributed by atoms with Crippen LogP contribution in [0.1, 0.15) is 50.7 Å². The molecule has 0 atom stereocenters. The number of benzene rings is 2. The maximum Gasteiger partial charge on any atom is 0.247 e. The van der Waals surface area contributed by atoms with E-state index in [-0.39, 0.29) is 11.4 Å². The van der Waals surface area contributed by atoms with Gasteiger partial charge in [-0.05, 0) is 69.8 Å². The fourth-order valence-electron chi connectivity index (χ4n) is 6.41. The van der Waals surface area contributed by atoms with Gasteiger partial charge in [0, 0.05) is 55.6 Å². The van der Waals surface area contributed by atoms with E-state index in [1.54, 1.807) is 13.3 Å². The lowest BCUT2D eigenvalue weighted by atomic mass is 9.95. The van der Waals surface area contributed by atoms with Crippen molar-refractivity contribution in [3.05, 3.63) is 66.5 Å². The minimum Gasteiger partial charge on any atom is -0.494 e. The summed E-state index contributed by atoms with van der Waals surface area (Å²) < 4.78 is 7.80. The number of hydrogen-bond donors (Lipinski definition) is 2. The van der Waals surface area contributed by atoms with Crippen molar-refractivity contribution in [1.82, 2.24) is 19.4 Å². The summed E-state index contributed by atoms with van der Waals surface area (Å²) in [5.41, 5.74) is 6.16. The number of fused-ring (bicyclic) bond motifs is 1. The van der Waals surface area contributed by atoms with E-state index in [9.17, 15) is 10.1 Å². The van der Waals surface area contributed by atoms with E-state index in [2.05, 4.69) is 58.2 Å². The smallest absolute Gasteiger partial charge is 0.247 e. The van der Waals surface area contributed by atoms with Crippen LogP contribution in [0.3, 0.4) is 0 Å². The molecule has 0 aliphatic heterocycles. The molecule has 2 N–H and O–H groups in total. The van der Waals surface area contributed by atoms with Gasteiger partial charge in [0.25, 0.3) is 0 Å². The lowest BCUT2D eigenvalue weighted by molar-refractivity contribution is -0.111. The van der Waals surface area contributed by atoms with Gasteiger partial charge in [-0.15, -0.1) is 0 Å². The Kier molecular flexibility index (Phi) is 10.7. The molecule has 1 fully saturated rings. The van der Waals surface area contributed by atoms with Crippen molar-refractivity contribution in [3.8, 4) is 23.1 Å². The monoisotopic (exact) mass is 622 g/mol. The molecule has 2 aromatic heterocycles. The van der Waals surface area contributed by atoms with Crippen LogP contribution in [0, 0.1) is 18.3 Å². The SMILES string of the molecule is C=CC(=O)Nc1cc(Nc2nccc(-c3cc(C#N)c4c(c3)c(C)cn4C)n2)c(OC)cc1N(C)CC1(N(C)C)CCCC1.CC. The summed E-state index contributed by atoms with van der Waals surface area (Å²) in [7, 11) is 9.88. The Labute approximate surface area is 272 Å². The lowest BCUT2D eigenvalue weighted by Crippen LogP contribution is -2.50. The van der Waals surface area contributed by atoms with Gasteiger partial charge in [0.1, 0.15) is 11.8 Å². The van der Waals surface area contributed by atoms with Crippen LogP contribution in [-0.4, -0.2) is 65.7 Å². The van der Waals surface area contributed by atoms with Crippen LogP contribution in [0.2, 0.25) is 0 Å². The second-order valence-corrected chi connectivity index (χ2v) is 11.8. The number of rotatable bonds is 10. The molecule has 0 radical (unpaired) electrons. The third kappa shape index (κ3) is 6.85. The summed E-state index contributed by atoms with van der Waals surface area (Å²) >= 11 is 0. The number of hydrogen-bond acceptors (Lipinski definition) is 8. The topological polar surface area (TPSA) is 111 Å². The summed E-state index contributed by atoms with van der Waals surface area (Å²) in [5, 5.41) is 17.1. The molecular weight excluding hydrogens is 576 g/mol. The van der Waals surface area contributed by atoms with Crippen LogP contribution in [0.25, 0.3) is 22.2 Å². The van der Waals surface area contributed by atoms with Gasteiger partial charge in [-0.25, -0.2) is 9.97 Å². The predicted octanol–water partition coefficient (Wildman–Crippen LogP) is 7.03. The van der Waals surface area contributed by atoms with Gasteiger partial charge in [-0.3, -0.25) is 4.79 Å². The highest BCUT2D eigenvalue weighted by Crippen LogP contribution is 2.41. The maximum atomic E-state index is 12.5. The number of amides is 1. The van der Waals surface area contributed by atoms with Crippen molar-refractivity contribution >= 4 is 39.8 Å². The molecule has 0 spiro atoms. The fraction of sp³-hybridized carbons (Fsp3) is 0.389. The number of methoxy groups -OCH3 is 1. The van der Waals surface area contributed by atoms with Crippen LogP contribution in [0.15, 0.2) is 55.4 Å². The number of nitrogens with zero attached hydrogens (tertiary/aromatic N) is 6. The Balaban J connectivity index is 0.00000235. The van der Waals surface area contributed by atoms with Crippen LogP contribution in [0.4, 0.5) is 23.0 Å². The highest BCUT2D eigenvalue weighted by molar-refractivity contribution is 6.02. The van der Waals surface area contributed by atoms with E-state index in [4.69, 9.17) is 9.72 Å². The molecule has 10 nitrogen and oxygen atoms in total. The zero-order chi connectivity index (χ0) is 33.6. The first kappa shape index (κ1) is 34.0. The van der Waals surface area contributed by atoms with E-state index in [1.165, 1.54) is 18.9 Å². The molecule has 1 aliphatic rings. The van der Waals surface area contributed by atoms with E-state index in [0.717, 1.165) is 47.1 Å². The molecule has 2 heterocycles. The van der Waals surface area contributed by atoms with Crippen LogP contribution in [0.5, 0.6) is 5.75 Å². The summed E-state index contributed by atoms with van der Waals surface area (Å²) in [6.45, 7) is 10.5. The average Bonchev–Trinajstić information content (AvgIpc) is 3.66. The molecule has 0 saturated heterocycles. The van der Waals surface area contributed by atoms with Gasteiger partial charge in [0.15, 0.2) is 0 Å². The first-order chi connectivity index (χ1) is 22.1. The quantitative estimate of drug-likeness (QED) is 0.181. The van der Waals surface area contributed by atoms with E-state index < -0.39 is 0 Å². The molecule has 2 aromatic carbocycles. The largest absolute Gasteiger partial charge is 0.494 e. The zero-order valence-electron chi connectivity index (χ0n) is 28.4. The first-order valence-corrected chi connectivity index (χ1v) is 15.7. The second-order valence-electron chi connectivity index (χ2n) is 11.8. The Bertz CT molecular complexity index is 1760. The number of carbonyl (C=O) groups excluding carboxylic acids is 1. The Morgan fingerprint density at radius 1 is 1.17 bits per heavy atom. The second kappa shape index (κ2) is 14.5. The van der Waals surface area contributed by atoms with Crippen molar-refractivity contribution in [2.45, 2.75) is 52.0 Å². The van der Waals surface area contributed by atoms with Crippen molar-refractivity contribution < 1.29 is 9.53 Å². The number of carbonyl (C=O) groups is 1. The summed E-state index contributed by atoms with van der Waals surface area (Å²) in [6.07, 6.45) is 9.60. The Morgan fingerprint density at radius 2 is 1.89 bits per heavy atom. The van der Waals surface area contributed by atoms with Crippen LogP contribution < -0.4 is 20.3 Å². The van der Waals surface area contributed by atoms with Gasteiger partial charge in [-0.1, -0.05) is 33.3 Å². The van der Waals surface area contributed by atoms with Gasteiger partial charge in [0.05, 0.1) is 40.9 Å². The number of nitriles is 1. The fourth-order valence-corrected chi connectivity index (χ4v) is 6.41. The molecule has 0 bridgehead atoms. The maximum absolute atomic E-state index is 12.5. The minimum atomic E-state index is -0.308. The van der Waals surface area contributed by atoms with Gasteiger partial charge >= 0.3 is 0 Å². The van der Waals surface area contributed by atoms with E-state index in [1.807, 2.05) is 69.9 Å². The molecule has 1 saturated carbocycles. The van der Waals surface area contributed by atoms with Gasteiger partial charge in [0.2, 0.25) is 11.9 Å². The van der Waals surface area contributed by atoms with Crippen molar-refractivity contribution in [3.63, 3.8) is 0 Å². The number of nitrogens with one attached hydrogen (secondary N) is 2. The third-order valence-corrected chi connectivity index (χ3v) is 8.78. The standard InChI is InChI=1S/C34H40N8O2.C2H6/c1-8-31(43)37-27-17-28(30(44-7)18-29(27)42(6)21-34(40(3)4)12-9-10-13-34)39-33-36-14-11-26(38-33)23-15-24(19-35)32-25(16-23)22(2)20-41(32)5;1-2/h8,11,14-18,20H,1,9-10,12-13,21H2,2-7H3,(H,37,43)(H,36,38,39);1-2H3. The van der Waals surface area contributed by atoms with E-state index >= 15 is 0 Å². The number of ether oxygens (including phenoxy) is 1. The van der Waals surface area contributed by atoms with Crippen molar-refractivity contribution in [2.24, 2.45) is 7.05 Å². The molecule has 10 heteroatoms. The molecule has 1 amide bonds. The van der Waals surface area contributed by atoms with Crippen LogP contribution in [-0.2, 0) is 11.8 Å². The molecule has 1 aliphatic carbocycles.